The van der Waals surface area contributed by atoms with Crippen LogP contribution >= 0.6 is 11.3 Å². The summed E-state index contributed by atoms with van der Waals surface area (Å²) in [6.45, 7) is 1.88. The van der Waals surface area contributed by atoms with Crippen molar-refractivity contribution < 1.29 is 13.2 Å². The molecule has 0 aliphatic carbocycles. The first-order chi connectivity index (χ1) is 16.8. The molecule has 4 aromatic carbocycles. The van der Waals surface area contributed by atoms with Crippen LogP contribution in [0.2, 0.25) is 0 Å². The molecule has 0 unspecified atom stereocenters. The van der Waals surface area contributed by atoms with Crippen LogP contribution in [0.25, 0.3) is 33.2 Å². The summed E-state index contributed by atoms with van der Waals surface area (Å²) >= 11 is 1.34. The number of rotatable bonds is 5. The van der Waals surface area contributed by atoms with Crippen molar-refractivity contribution in [3.8, 4) is 22.4 Å². The van der Waals surface area contributed by atoms with Crippen LogP contribution in [0.3, 0.4) is 0 Å². The predicted octanol–water partition coefficient (Wildman–Crippen LogP) is 5.84. The third kappa shape index (κ3) is 4.72. The number of fused-ring (bicyclic) bond motifs is 1. The lowest BCUT2D eigenvalue weighted by atomic mass is 10.0. The van der Waals surface area contributed by atoms with Gasteiger partial charge in [-0.2, -0.15) is 0 Å². The van der Waals surface area contributed by atoms with E-state index < -0.39 is 10.0 Å². The Morgan fingerprint density at radius 3 is 2.26 bits per heavy atom. The number of nitrogens with two attached hydrogens (primary N) is 1. The number of aromatic nitrogens is 1. The van der Waals surface area contributed by atoms with E-state index in [0.717, 1.165) is 21.3 Å². The fourth-order valence-corrected chi connectivity index (χ4v) is 5.58. The van der Waals surface area contributed by atoms with Gasteiger partial charge in [-0.1, -0.05) is 66.7 Å². The number of aryl methyl sites for hydroxylation is 1. The van der Waals surface area contributed by atoms with E-state index in [4.69, 9.17) is 5.14 Å². The Bertz CT molecular complexity index is 1670. The zero-order chi connectivity index (χ0) is 24.6. The van der Waals surface area contributed by atoms with Crippen LogP contribution in [0, 0.1) is 6.92 Å². The van der Waals surface area contributed by atoms with Crippen molar-refractivity contribution in [2.45, 2.75) is 11.8 Å². The van der Waals surface area contributed by atoms with Crippen LogP contribution in [0.1, 0.15) is 14.7 Å². The van der Waals surface area contributed by atoms with Crippen LogP contribution in [0.15, 0.2) is 95.9 Å². The molecule has 6 nitrogen and oxygen atoms in total. The molecule has 5 aromatic rings. The molecule has 0 radical (unpaired) electrons. The highest BCUT2D eigenvalue weighted by molar-refractivity contribution is 7.89. The quantitative estimate of drug-likeness (QED) is 0.317. The highest BCUT2D eigenvalue weighted by atomic mass is 32.2. The van der Waals surface area contributed by atoms with Crippen molar-refractivity contribution in [3.63, 3.8) is 0 Å². The summed E-state index contributed by atoms with van der Waals surface area (Å²) in [7, 11) is -3.86. The number of sulfonamides is 1. The molecule has 0 aliphatic heterocycles. The smallest absolute Gasteiger partial charge is 0.268 e. The Labute approximate surface area is 207 Å². The first-order valence-electron chi connectivity index (χ1n) is 10.8. The van der Waals surface area contributed by atoms with Gasteiger partial charge in [0.25, 0.3) is 5.91 Å². The summed E-state index contributed by atoms with van der Waals surface area (Å²) in [5.74, 6) is -0.253. The van der Waals surface area contributed by atoms with Crippen LogP contribution in [-0.2, 0) is 10.0 Å². The van der Waals surface area contributed by atoms with Crippen LogP contribution in [-0.4, -0.2) is 19.3 Å². The predicted molar refractivity (Wildman–Crippen MR) is 141 cm³/mol. The number of amides is 1. The van der Waals surface area contributed by atoms with Crippen LogP contribution in [0.4, 0.5) is 5.69 Å². The van der Waals surface area contributed by atoms with Gasteiger partial charge in [0.1, 0.15) is 4.88 Å². The van der Waals surface area contributed by atoms with Crippen LogP contribution < -0.4 is 10.5 Å². The van der Waals surface area contributed by atoms with Gasteiger partial charge in [-0.15, -0.1) is 11.3 Å². The molecule has 174 valence electrons. The Hall–Kier alpha value is -3.85. The molecule has 0 saturated heterocycles. The van der Waals surface area contributed by atoms with E-state index in [1.807, 2.05) is 49.4 Å². The lowest BCUT2D eigenvalue weighted by Crippen LogP contribution is -2.13. The van der Waals surface area contributed by atoms with Crippen molar-refractivity contribution in [1.82, 2.24) is 4.98 Å². The van der Waals surface area contributed by atoms with Gasteiger partial charge in [0, 0.05) is 16.8 Å². The minimum Gasteiger partial charge on any atom is -0.321 e. The van der Waals surface area contributed by atoms with Gasteiger partial charge in [-0.05, 0) is 47.5 Å². The van der Waals surface area contributed by atoms with E-state index >= 15 is 0 Å². The summed E-state index contributed by atoms with van der Waals surface area (Å²) in [4.78, 5) is 18.4. The van der Waals surface area contributed by atoms with Gasteiger partial charge < -0.3 is 5.32 Å². The Morgan fingerprint density at radius 2 is 1.51 bits per heavy atom. The van der Waals surface area contributed by atoms with E-state index in [0.29, 0.717) is 27.4 Å². The molecular weight excluding hydrogens is 478 g/mol. The number of hydrogen-bond donors (Lipinski definition) is 2. The second kappa shape index (κ2) is 9.07. The van der Waals surface area contributed by atoms with E-state index in [1.165, 1.54) is 17.4 Å². The maximum atomic E-state index is 13.2. The minimum atomic E-state index is -3.86. The highest BCUT2D eigenvalue weighted by Crippen LogP contribution is 2.32. The first kappa shape index (κ1) is 22.9. The molecule has 0 fully saturated rings. The number of nitrogens with one attached hydrogen (secondary N) is 1. The topological polar surface area (TPSA) is 102 Å². The third-order valence-corrected chi connectivity index (χ3v) is 7.55. The van der Waals surface area contributed by atoms with Crippen molar-refractivity contribution in [3.05, 3.63) is 101 Å². The number of carbonyl (C=O) groups is 1. The monoisotopic (exact) mass is 499 g/mol. The number of benzene rings is 4. The van der Waals surface area contributed by atoms with Crippen molar-refractivity contribution in [1.29, 1.82) is 0 Å². The van der Waals surface area contributed by atoms with E-state index in [1.54, 1.807) is 42.5 Å². The molecule has 3 N–H and O–H groups in total. The zero-order valence-electron chi connectivity index (χ0n) is 18.7. The lowest BCUT2D eigenvalue weighted by Gasteiger charge is -2.10. The molecule has 1 heterocycles. The zero-order valence-corrected chi connectivity index (χ0v) is 20.4. The Kier molecular flexibility index (Phi) is 5.94. The summed E-state index contributed by atoms with van der Waals surface area (Å²) in [5, 5.41) is 11.3. The molecule has 0 spiro atoms. The van der Waals surface area contributed by atoms with Gasteiger partial charge in [-0.3, -0.25) is 4.79 Å². The van der Waals surface area contributed by atoms with Crippen molar-refractivity contribution in [2.75, 3.05) is 5.32 Å². The third-order valence-electron chi connectivity index (χ3n) is 5.61. The number of carbonyl (C=O) groups excluding carboxylic acids is 1. The van der Waals surface area contributed by atoms with Gasteiger partial charge in [0.05, 0.1) is 15.6 Å². The maximum absolute atomic E-state index is 13.2. The molecule has 35 heavy (non-hydrogen) atoms. The van der Waals surface area contributed by atoms with Gasteiger partial charge in [0.15, 0.2) is 0 Å². The highest BCUT2D eigenvalue weighted by Gasteiger charge is 2.19. The van der Waals surface area contributed by atoms with E-state index in [-0.39, 0.29) is 10.8 Å². The fraction of sp³-hybridized carbons (Fsp3) is 0.0370. The van der Waals surface area contributed by atoms with Crippen molar-refractivity contribution >= 4 is 43.7 Å². The summed E-state index contributed by atoms with van der Waals surface area (Å²) < 4.78 is 23.9. The largest absolute Gasteiger partial charge is 0.321 e. The molecule has 1 aromatic heterocycles. The summed E-state index contributed by atoms with van der Waals surface area (Å²) in [6, 6.07) is 27.6. The second-order valence-electron chi connectivity index (χ2n) is 8.05. The number of anilines is 1. The maximum Gasteiger partial charge on any atom is 0.268 e. The molecular formula is C27H21N3O3S2. The summed E-state index contributed by atoms with van der Waals surface area (Å²) in [5.41, 5.74) is 3.30. The Balaban J connectivity index is 1.42. The van der Waals surface area contributed by atoms with E-state index in [9.17, 15) is 13.2 Å². The number of nitrogens with zero attached hydrogens (tertiary/aromatic N) is 1. The first-order valence-corrected chi connectivity index (χ1v) is 13.2. The van der Waals surface area contributed by atoms with Crippen molar-refractivity contribution in [2.24, 2.45) is 5.14 Å². The van der Waals surface area contributed by atoms with Gasteiger partial charge in [-0.25, -0.2) is 18.5 Å². The standard InChI is InChI=1S/C27H21N3O3S2/c1-17-29-25(21-11-10-18-6-2-3-7-20(18)16-21)26(34-17)27(31)30-22-14-12-19(13-15-22)23-8-4-5-9-24(23)35(28,32)33/h2-16H,1H3,(H,30,31)(H2,28,32,33). The van der Waals surface area contributed by atoms with Gasteiger partial charge >= 0.3 is 0 Å². The minimum absolute atomic E-state index is 0.0527. The molecule has 1 amide bonds. The second-order valence-corrected chi connectivity index (χ2v) is 10.8. The van der Waals surface area contributed by atoms with Crippen LogP contribution in [0.5, 0.6) is 0 Å². The molecule has 8 heteroatoms. The normalized spacial score (nSPS) is 11.5. The molecule has 0 saturated carbocycles. The van der Waals surface area contributed by atoms with Gasteiger partial charge in [0.2, 0.25) is 10.0 Å². The average molecular weight is 500 g/mol. The number of thiazole rings is 1. The van der Waals surface area contributed by atoms with E-state index in [2.05, 4.69) is 10.3 Å². The fourth-order valence-electron chi connectivity index (χ4n) is 3.99. The Morgan fingerprint density at radius 1 is 0.857 bits per heavy atom. The molecule has 5 rings (SSSR count). The lowest BCUT2D eigenvalue weighted by molar-refractivity contribution is 0.103. The molecule has 0 aliphatic rings. The molecule has 0 atom stereocenters. The number of hydrogen-bond acceptors (Lipinski definition) is 5. The molecule has 0 bridgehead atoms. The SMILES string of the molecule is Cc1nc(-c2ccc3ccccc3c2)c(C(=O)Nc2ccc(-c3ccccc3S(N)(=O)=O)cc2)s1. The number of primary sulfonamides is 1. The summed E-state index contributed by atoms with van der Waals surface area (Å²) in [6.07, 6.45) is 0. The average Bonchev–Trinajstić information content (AvgIpc) is 3.25.